The first kappa shape index (κ1) is 18.8. The van der Waals surface area contributed by atoms with Crippen LogP contribution >= 0.6 is 0 Å². The van der Waals surface area contributed by atoms with Gasteiger partial charge in [0, 0.05) is 0 Å². The fourth-order valence-corrected chi connectivity index (χ4v) is 3.61. The molecule has 0 saturated heterocycles. The summed E-state index contributed by atoms with van der Waals surface area (Å²) in [4.78, 5) is 23.4. The van der Waals surface area contributed by atoms with Crippen LogP contribution in [0.3, 0.4) is 0 Å². The molecule has 2 heterocycles. The molecule has 0 bridgehead atoms. The third kappa shape index (κ3) is 2.50. The molecule has 0 radical (unpaired) electrons. The largest absolute Gasteiger partial charge is 0.419 e. The van der Waals surface area contributed by atoms with Crippen LogP contribution in [0, 0.1) is 15.9 Å². The standard InChI is InChI=1S/C18H11F4N3O4/c1-2-17(9-3-5-10(6-4-9)18(20,21)22)16(26)29-15-12(19)7-13(25(27)28)11-8-23-24(17)14(11)15/h3-8H,2H2,1H3. The molecule has 150 valence electrons. The molecule has 4 rings (SSSR count). The van der Waals surface area contributed by atoms with Crippen molar-refractivity contribution in [2.24, 2.45) is 0 Å². The molecule has 0 fully saturated rings. The Labute approximate surface area is 159 Å². The van der Waals surface area contributed by atoms with Crippen LogP contribution in [0.2, 0.25) is 0 Å². The van der Waals surface area contributed by atoms with E-state index in [-0.39, 0.29) is 22.9 Å². The Morgan fingerprint density at radius 3 is 2.48 bits per heavy atom. The average molecular weight is 409 g/mol. The predicted octanol–water partition coefficient (Wildman–Crippen LogP) is 4.18. The van der Waals surface area contributed by atoms with Crippen molar-refractivity contribution >= 4 is 22.6 Å². The summed E-state index contributed by atoms with van der Waals surface area (Å²) in [6.07, 6.45) is -3.47. The van der Waals surface area contributed by atoms with Crippen molar-refractivity contribution < 1.29 is 32.0 Å². The number of nitrogens with zero attached hydrogens (tertiary/aromatic N) is 3. The lowest BCUT2D eigenvalue weighted by Gasteiger charge is -2.35. The molecule has 0 aliphatic carbocycles. The Bertz CT molecular complexity index is 1170. The van der Waals surface area contributed by atoms with Crippen LogP contribution in [0.1, 0.15) is 24.5 Å². The second kappa shape index (κ2) is 6.00. The third-order valence-corrected chi connectivity index (χ3v) is 5.03. The second-order valence-corrected chi connectivity index (χ2v) is 6.46. The summed E-state index contributed by atoms with van der Waals surface area (Å²) >= 11 is 0. The van der Waals surface area contributed by atoms with E-state index < -0.39 is 45.4 Å². The lowest BCUT2D eigenvalue weighted by Crippen LogP contribution is -2.48. The van der Waals surface area contributed by atoms with Crippen molar-refractivity contribution in [3.8, 4) is 5.75 Å². The van der Waals surface area contributed by atoms with Gasteiger partial charge in [-0.3, -0.25) is 10.1 Å². The summed E-state index contributed by atoms with van der Waals surface area (Å²) in [6, 6.07) is 4.47. The van der Waals surface area contributed by atoms with Crippen LogP contribution in [-0.2, 0) is 16.5 Å². The first-order valence-electron chi connectivity index (χ1n) is 8.36. The van der Waals surface area contributed by atoms with E-state index in [9.17, 15) is 32.5 Å². The van der Waals surface area contributed by atoms with E-state index in [1.54, 1.807) is 6.92 Å². The number of nitro benzene ring substituents is 1. The first-order chi connectivity index (χ1) is 13.6. The minimum atomic E-state index is -4.57. The molecule has 3 aromatic rings. The van der Waals surface area contributed by atoms with Gasteiger partial charge in [-0.05, 0) is 24.1 Å². The summed E-state index contributed by atoms with van der Waals surface area (Å²) in [5.74, 6) is -2.58. The molecule has 1 atom stereocenters. The van der Waals surface area contributed by atoms with Gasteiger partial charge in [0.1, 0.15) is 10.9 Å². The SMILES string of the molecule is CCC1(c2ccc(C(F)(F)F)cc2)C(=O)Oc2c(F)cc([N+](=O)[O-])c3cnn1c23. The van der Waals surface area contributed by atoms with Crippen LogP contribution in [0.25, 0.3) is 10.9 Å². The van der Waals surface area contributed by atoms with E-state index in [2.05, 4.69) is 5.10 Å². The van der Waals surface area contributed by atoms with Gasteiger partial charge in [-0.15, -0.1) is 0 Å². The van der Waals surface area contributed by atoms with Gasteiger partial charge >= 0.3 is 12.1 Å². The van der Waals surface area contributed by atoms with E-state index >= 15 is 0 Å². The Balaban J connectivity index is 2.01. The van der Waals surface area contributed by atoms with Gasteiger partial charge in [0.05, 0.1) is 22.7 Å². The predicted molar refractivity (Wildman–Crippen MR) is 90.8 cm³/mol. The number of non-ortho nitro benzene ring substituents is 1. The minimum Gasteiger partial charge on any atom is -0.419 e. The number of alkyl halides is 3. The van der Waals surface area contributed by atoms with E-state index in [1.165, 1.54) is 0 Å². The smallest absolute Gasteiger partial charge is 0.416 e. The van der Waals surface area contributed by atoms with Gasteiger partial charge in [-0.1, -0.05) is 19.1 Å². The topological polar surface area (TPSA) is 87.3 Å². The number of ether oxygens (including phenoxy) is 1. The van der Waals surface area contributed by atoms with Gasteiger partial charge in [-0.25, -0.2) is 13.9 Å². The fourth-order valence-electron chi connectivity index (χ4n) is 3.61. The molecule has 7 nitrogen and oxygen atoms in total. The number of hydrogen-bond acceptors (Lipinski definition) is 5. The molecule has 29 heavy (non-hydrogen) atoms. The number of carbonyl (C=O) groups excluding carboxylic acids is 1. The Hall–Kier alpha value is -3.50. The highest BCUT2D eigenvalue weighted by atomic mass is 19.4. The maximum absolute atomic E-state index is 14.4. The van der Waals surface area contributed by atoms with Crippen molar-refractivity contribution in [1.29, 1.82) is 0 Å². The average Bonchev–Trinajstić information content (AvgIpc) is 3.10. The summed E-state index contributed by atoms with van der Waals surface area (Å²) in [5.41, 5.74) is -3.17. The monoisotopic (exact) mass is 409 g/mol. The number of carbonyl (C=O) groups is 1. The molecular formula is C18H11F4N3O4. The van der Waals surface area contributed by atoms with Crippen LogP contribution in [0.15, 0.2) is 36.5 Å². The van der Waals surface area contributed by atoms with E-state index in [0.717, 1.165) is 35.1 Å². The molecule has 0 N–H and O–H groups in total. The van der Waals surface area contributed by atoms with Crippen LogP contribution in [-0.4, -0.2) is 20.7 Å². The lowest BCUT2D eigenvalue weighted by atomic mass is 9.85. The summed E-state index contributed by atoms with van der Waals surface area (Å²) < 4.78 is 59.3. The number of aromatic nitrogens is 2. The zero-order valence-corrected chi connectivity index (χ0v) is 14.7. The second-order valence-electron chi connectivity index (χ2n) is 6.46. The molecular weight excluding hydrogens is 398 g/mol. The van der Waals surface area contributed by atoms with Crippen LogP contribution in [0.5, 0.6) is 5.75 Å². The number of esters is 1. The van der Waals surface area contributed by atoms with Crippen molar-refractivity contribution in [1.82, 2.24) is 9.78 Å². The van der Waals surface area contributed by atoms with Crippen LogP contribution < -0.4 is 4.74 Å². The van der Waals surface area contributed by atoms with Gasteiger partial charge < -0.3 is 4.74 Å². The maximum Gasteiger partial charge on any atom is 0.416 e. The van der Waals surface area contributed by atoms with Crippen molar-refractivity contribution in [3.05, 3.63) is 63.6 Å². The Kier molecular flexibility index (Phi) is 3.90. The third-order valence-electron chi connectivity index (χ3n) is 5.03. The molecule has 1 aromatic heterocycles. The van der Waals surface area contributed by atoms with E-state index in [4.69, 9.17) is 4.74 Å². The van der Waals surface area contributed by atoms with Crippen molar-refractivity contribution in [2.45, 2.75) is 25.1 Å². The maximum atomic E-state index is 14.4. The van der Waals surface area contributed by atoms with E-state index in [0.29, 0.717) is 6.07 Å². The molecule has 1 unspecified atom stereocenters. The normalized spacial score (nSPS) is 18.7. The van der Waals surface area contributed by atoms with Crippen LogP contribution in [0.4, 0.5) is 23.2 Å². The number of benzene rings is 2. The Morgan fingerprint density at radius 1 is 1.28 bits per heavy atom. The highest BCUT2D eigenvalue weighted by Crippen LogP contribution is 2.45. The lowest BCUT2D eigenvalue weighted by molar-refractivity contribution is -0.383. The minimum absolute atomic E-state index is 0.00225. The molecule has 0 amide bonds. The summed E-state index contributed by atoms with van der Waals surface area (Å²) in [5, 5.41) is 15.3. The number of hydrogen-bond donors (Lipinski definition) is 0. The molecule has 11 heteroatoms. The Morgan fingerprint density at radius 2 is 1.93 bits per heavy atom. The zero-order chi connectivity index (χ0) is 21.1. The van der Waals surface area contributed by atoms with Gasteiger partial charge in [0.25, 0.3) is 5.69 Å². The van der Waals surface area contributed by atoms with Crippen molar-refractivity contribution in [3.63, 3.8) is 0 Å². The van der Waals surface area contributed by atoms with Crippen molar-refractivity contribution in [2.75, 3.05) is 0 Å². The highest BCUT2D eigenvalue weighted by Gasteiger charge is 2.49. The number of halogens is 4. The molecule has 0 saturated carbocycles. The summed E-state index contributed by atoms with van der Waals surface area (Å²) in [6.45, 7) is 1.57. The van der Waals surface area contributed by atoms with E-state index in [1.807, 2.05) is 0 Å². The fraction of sp³-hybridized carbons (Fsp3) is 0.222. The highest BCUT2D eigenvalue weighted by molar-refractivity contribution is 6.00. The number of rotatable bonds is 3. The van der Waals surface area contributed by atoms with Gasteiger partial charge in [0.2, 0.25) is 0 Å². The van der Waals surface area contributed by atoms with Gasteiger partial charge in [0.15, 0.2) is 17.1 Å². The molecule has 2 aromatic carbocycles. The zero-order valence-electron chi connectivity index (χ0n) is 14.7. The molecule has 1 aliphatic heterocycles. The first-order valence-corrected chi connectivity index (χ1v) is 8.36. The molecule has 1 aliphatic rings. The summed E-state index contributed by atoms with van der Waals surface area (Å²) in [7, 11) is 0. The number of nitro groups is 1. The van der Waals surface area contributed by atoms with Gasteiger partial charge in [-0.2, -0.15) is 18.3 Å². The molecule has 0 spiro atoms. The quantitative estimate of drug-likeness (QED) is 0.213.